The van der Waals surface area contributed by atoms with E-state index in [1.54, 1.807) is 12.4 Å². The lowest BCUT2D eigenvalue weighted by Gasteiger charge is -2.33. The van der Waals surface area contributed by atoms with Crippen LogP contribution in [0.4, 0.5) is 20.3 Å². The first-order valence-corrected chi connectivity index (χ1v) is 8.07. The second kappa shape index (κ2) is 4.98. The van der Waals surface area contributed by atoms with Gasteiger partial charge in [-0.15, -0.1) is 0 Å². The summed E-state index contributed by atoms with van der Waals surface area (Å²) in [6, 6.07) is 4.03. The van der Waals surface area contributed by atoms with Crippen molar-refractivity contribution in [1.29, 1.82) is 0 Å². The maximum absolute atomic E-state index is 14.5. The van der Waals surface area contributed by atoms with Crippen molar-refractivity contribution in [3.63, 3.8) is 0 Å². The normalized spacial score (nSPS) is 18.4. The molecule has 4 heterocycles. The van der Waals surface area contributed by atoms with E-state index in [1.165, 1.54) is 18.2 Å². The third kappa shape index (κ3) is 1.90. The van der Waals surface area contributed by atoms with Crippen molar-refractivity contribution < 1.29 is 8.78 Å². The van der Waals surface area contributed by atoms with Gasteiger partial charge >= 0.3 is 0 Å². The summed E-state index contributed by atoms with van der Waals surface area (Å²) in [6.45, 7) is 2.67. The first kappa shape index (κ1) is 14.3. The van der Waals surface area contributed by atoms with E-state index in [1.807, 2.05) is 9.58 Å². The van der Waals surface area contributed by atoms with E-state index in [-0.39, 0.29) is 17.4 Å². The van der Waals surface area contributed by atoms with Crippen molar-refractivity contribution in [2.24, 2.45) is 4.99 Å². The van der Waals surface area contributed by atoms with Crippen molar-refractivity contribution in [3.8, 4) is 11.3 Å². The number of H-pyrrole nitrogens is 1. The van der Waals surface area contributed by atoms with Gasteiger partial charge in [0, 0.05) is 6.54 Å². The van der Waals surface area contributed by atoms with Gasteiger partial charge in [0.2, 0.25) is 0 Å². The quantitative estimate of drug-likeness (QED) is 0.738. The molecule has 0 radical (unpaired) electrons. The fraction of sp³-hybridized carbons (Fsp3) is 0.235. The molecular weight excluding hydrogens is 326 g/mol. The Bertz CT molecular complexity index is 998. The summed E-state index contributed by atoms with van der Waals surface area (Å²) < 4.78 is 30.8. The number of nitrogens with zero attached hydrogens (tertiary/aromatic N) is 5. The summed E-state index contributed by atoms with van der Waals surface area (Å²) in [4.78, 5) is 6.40. The summed E-state index contributed by atoms with van der Waals surface area (Å²) >= 11 is 0. The lowest BCUT2D eigenvalue weighted by molar-refractivity contribution is 0.438. The summed E-state index contributed by atoms with van der Waals surface area (Å²) in [7, 11) is 0. The molecule has 1 N–H and O–H groups in total. The standard InChI is InChI=1S/C17H14F2N6/c1-9-5-6-24-16(14-11(18)3-2-4-12(14)19)22-13-8-20-23-15(13)10-7-21-25(9)17(10)24/h2-4,7-9H,5-6H2,1H3,(H,20,23)/t9-/m0/s1. The van der Waals surface area contributed by atoms with Gasteiger partial charge in [0.25, 0.3) is 0 Å². The van der Waals surface area contributed by atoms with E-state index >= 15 is 0 Å². The Morgan fingerprint density at radius 2 is 2.00 bits per heavy atom. The van der Waals surface area contributed by atoms with Crippen molar-refractivity contribution in [2.75, 3.05) is 11.4 Å². The van der Waals surface area contributed by atoms with Crippen LogP contribution in [0.25, 0.3) is 11.3 Å². The van der Waals surface area contributed by atoms with Crippen LogP contribution in [0.2, 0.25) is 0 Å². The van der Waals surface area contributed by atoms with Gasteiger partial charge < -0.3 is 4.90 Å². The molecule has 0 fully saturated rings. The predicted octanol–water partition coefficient (Wildman–Crippen LogP) is 3.41. The molecule has 0 saturated carbocycles. The molecule has 0 aliphatic carbocycles. The van der Waals surface area contributed by atoms with Gasteiger partial charge in [-0.2, -0.15) is 10.2 Å². The van der Waals surface area contributed by atoms with Gasteiger partial charge in [-0.3, -0.25) is 5.10 Å². The average Bonchev–Trinajstić information content (AvgIpc) is 3.19. The number of fused-ring (bicyclic) bond motifs is 2. The summed E-state index contributed by atoms with van der Waals surface area (Å²) in [5.41, 5.74) is 1.93. The molecule has 8 heteroatoms. The zero-order valence-electron chi connectivity index (χ0n) is 13.4. The minimum atomic E-state index is -0.642. The third-order valence-electron chi connectivity index (χ3n) is 4.77. The van der Waals surface area contributed by atoms with Crippen LogP contribution >= 0.6 is 0 Å². The molecule has 126 valence electrons. The molecule has 2 aromatic heterocycles. The number of amidine groups is 1. The van der Waals surface area contributed by atoms with Gasteiger partial charge in [-0.1, -0.05) is 6.07 Å². The summed E-state index contributed by atoms with van der Waals surface area (Å²) in [5, 5.41) is 11.4. The third-order valence-corrected chi connectivity index (χ3v) is 4.77. The number of aromatic nitrogens is 4. The Balaban J connectivity index is 1.84. The smallest absolute Gasteiger partial charge is 0.148 e. The van der Waals surface area contributed by atoms with Crippen LogP contribution in [0.5, 0.6) is 0 Å². The zero-order valence-corrected chi connectivity index (χ0v) is 13.4. The van der Waals surface area contributed by atoms with Crippen molar-refractivity contribution in [2.45, 2.75) is 19.4 Å². The van der Waals surface area contributed by atoms with Crippen LogP contribution in [-0.4, -0.2) is 32.4 Å². The van der Waals surface area contributed by atoms with E-state index in [4.69, 9.17) is 0 Å². The van der Waals surface area contributed by atoms with Gasteiger partial charge in [-0.25, -0.2) is 18.5 Å². The molecule has 5 rings (SSSR count). The summed E-state index contributed by atoms with van der Waals surface area (Å²) in [5.74, 6) is -0.261. The van der Waals surface area contributed by atoms with E-state index in [0.29, 0.717) is 17.9 Å². The van der Waals surface area contributed by atoms with Crippen LogP contribution in [-0.2, 0) is 0 Å². The number of nitrogens with one attached hydrogen (secondary N) is 1. The van der Waals surface area contributed by atoms with Crippen LogP contribution in [0, 0.1) is 11.6 Å². The fourth-order valence-electron chi connectivity index (χ4n) is 3.51. The Hall–Kier alpha value is -3.03. The zero-order chi connectivity index (χ0) is 17.1. The highest BCUT2D eigenvalue weighted by Crippen LogP contribution is 2.43. The number of aliphatic imine (C=N–C) groups is 1. The van der Waals surface area contributed by atoms with Gasteiger partial charge in [-0.05, 0) is 25.5 Å². The SMILES string of the molecule is C[C@H]1CCN2C(c3c(F)cccc3F)=Nc3cn[nH]c3-c3cnn1c32. The van der Waals surface area contributed by atoms with E-state index in [2.05, 4.69) is 27.2 Å². The Kier molecular flexibility index (Phi) is 2.85. The molecular formula is C17H14F2N6. The van der Waals surface area contributed by atoms with E-state index in [9.17, 15) is 8.78 Å². The van der Waals surface area contributed by atoms with Gasteiger partial charge in [0.15, 0.2) is 0 Å². The lowest BCUT2D eigenvalue weighted by Crippen LogP contribution is -2.40. The van der Waals surface area contributed by atoms with Gasteiger partial charge in [0.1, 0.15) is 29.0 Å². The minimum absolute atomic E-state index is 0.134. The van der Waals surface area contributed by atoms with Crippen LogP contribution in [0.3, 0.4) is 0 Å². The van der Waals surface area contributed by atoms with Gasteiger partial charge in [0.05, 0.1) is 35.3 Å². The van der Waals surface area contributed by atoms with Crippen LogP contribution in [0.15, 0.2) is 35.6 Å². The molecule has 1 atom stereocenters. The Morgan fingerprint density at radius 1 is 1.20 bits per heavy atom. The molecule has 2 aliphatic heterocycles. The monoisotopic (exact) mass is 340 g/mol. The number of aromatic amines is 1. The number of rotatable bonds is 1. The number of hydrogen-bond donors (Lipinski definition) is 1. The second-order valence-electron chi connectivity index (χ2n) is 6.28. The predicted molar refractivity (Wildman–Crippen MR) is 89.0 cm³/mol. The van der Waals surface area contributed by atoms with Crippen molar-refractivity contribution in [1.82, 2.24) is 20.0 Å². The molecule has 25 heavy (non-hydrogen) atoms. The largest absolute Gasteiger partial charge is 0.310 e. The highest BCUT2D eigenvalue weighted by atomic mass is 19.1. The number of anilines is 1. The Morgan fingerprint density at radius 3 is 2.80 bits per heavy atom. The van der Waals surface area contributed by atoms with Crippen molar-refractivity contribution >= 4 is 17.3 Å². The maximum Gasteiger partial charge on any atom is 0.148 e. The van der Waals surface area contributed by atoms with E-state index in [0.717, 1.165) is 17.8 Å². The maximum atomic E-state index is 14.5. The molecule has 0 spiro atoms. The number of hydrogen-bond acceptors (Lipinski definition) is 4. The second-order valence-corrected chi connectivity index (χ2v) is 6.28. The first-order chi connectivity index (χ1) is 12.1. The first-order valence-electron chi connectivity index (χ1n) is 8.07. The number of benzene rings is 1. The molecule has 0 saturated heterocycles. The molecule has 0 unspecified atom stereocenters. The van der Waals surface area contributed by atoms with Crippen LogP contribution in [0.1, 0.15) is 24.9 Å². The summed E-state index contributed by atoms with van der Waals surface area (Å²) in [6.07, 6.45) is 4.10. The molecule has 2 aliphatic rings. The highest BCUT2D eigenvalue weighted by Gasteiger charge is 2.35. The fourth-order valence-corrected chi connectivity index (χ4v) is 3.51. The minimum Gasteiger partial charge on any atom is -0.310 e. The van der Waals surface area contributed by atoms with Crippen molar-refractivity contribution in [3.05, 3.63) is 47.8 Å². The molecule has 6 nitrogen and oxygen atoms in total. The lowest BCUT2D eigenvalue weighted by atomic mass is 10.1. The molecule has 0 bridgehead atoms. The Labute approximate surface area is 141 Å². The molecule has 3 aromatic rings. The topological polar surface area (TPSA) is 62.1 Å². The number of halogens is 2. The average molecular weight is 340 g/mol. The van der Waals surface area contributed by atoms with Crippen LogP contribution < -0.4 is 4.90 Å². The highest BCUT2D eigenvalue weighted by molar-refractivity contribution is 6.14. The van der Waals surface area contributed by atoms with E-state index < -0.39 is 11.6 Å². The molecule has 1 aromatic carbocycles. The molecule has 0 amide bonds.